The first-order valence-electron chi connectivity index (χ1n) is 12.3. The number of imide groups is 1. The summed E-state index contributed by atoms with van der Waals surface area (Å²) in [7, 11) is 0. The fourth-order valence-corrected chi connectivity index (χ4v) is 5.36. The van der Waals surface area contributed by atoms with Gasteiger partial charge < -0.3 is 4.74 Å². The van der Waals surface area contributed by atoms with Crippen molar-refractivity contribution in [2.24, 2.45) is 5.92 Å². The summed E-state index contributed by atoms with van der Waals surface area (Å²) in [6, 6.07) is 38.1. The molecule has 1 fully saturated rings. The molecule has 0 bridgehead atoms. The molecule has 0 aliphatic carbocycles. The van der Waals surface area contributed by atoms with Crippen LogP contribution in [-0.4, -0.2) is 16.9 Å². The molecule has 4 nitrogen and oxygen atoms in total. The van der Waals surface area contributed by atoms with Crippen LogP contribution < -0.4 is 0 Å². The number of cyclic esters (lactones) is 1. The summed E-state index contributed by atoms with van der Waals surface area (Å²) < 4.78 is 6.35. The molecule has 2 amide bonds. The van der Waals surface area contributed by atoms with Crippen LogP contribution in [0.4, 0.5) is 4.79 Å². The zero-order valence-corrected chi connectivity index (χ0v) is 20.5. The minimum absolute atomic E-state index is 0.0208. The fourth-order valence-electron chi connectivity index (χ4n) is 5.36. The lowest BCUT2D eigenvalue weighted by atomic mass is 9.76. The molecule has 0 N–H and O–H groups in total. The van der Waals surface area contributed by atoms with Gasteiger partial charge in [-0.1, -0.05) is 135 Å². The smallest absolute Gasteiger partial charge is 0.418 e. The number of hydrogen-bond donors (Lipinski definition) is 0. The molecule has 36 heavy (non-hydrogen) atoms. The van der Waals surface area contributed by atoms with Crippen LogP contribution in [0.2, 0.25) is 0 Å². The van der Waals surface area contributed by atoms with E-state index in [1.54, 1.807) is 0 Å². The normalized spacial score (nSPS) is 17.6. The molecule has 180 valence electrons. The van der Waals surface area contributed by atoms with Crippen LogP contribution in [-0.2, 0) is 15.1 Å². The van der Waals surface area contributed by atoms with Crippen molar-refractivity contribution < 1.29 is 14.3 Å². The Bertz CT molecular complexity index is 1280. The molecule has 5 rings (SSSR count). The third-order valence-electron chi connectivity index (χ3n) is 6.94. The molecular weight excluding hydrogens is 446 g/mol. The Kier molecular flexibility index (Phi) is 6.43. The first-order valence-corrected chi connectivity index (χ1v) is 12.3. The molecule has 0 aromatic heterocycles. The van der Waals surface area contributed by atoms with E-state index in [1.807, 2.05) is 135 Å². The molecular formula is C32H29NO3. The summed E-state index contributed by atoms with van der Waals surface area (Å²) in [6.07, 6.45) is -0.636. The van der Waals surface area contributed by atoms with Gasteiger partial charge in [0.1, 0.15) is 6.04 Å². The molecule has 4 aromatic carbocycles. The van der Waals surface area contributed by atoms with E-state index in [0.717, 1.165) is 22.3 Å². The van der Waals surface area contributed by atoms with Gasteiger partial charge in [0.15, 0.2) is 5.60 Å². The van der Waals surface area contributed by atoms with Gasteiger partial charge in [-0.05, 0) is 17.0 Å². The van der Waals surface area contributed by atoms with E-state index in [0.29, 0.717) is 0 Å². The largest absolute Gasteiger partial charge is 0.430 e. The van der Waals surface area contributed by atoms with Gasteiger partial charge in [-0.2, -0.15) is 0 Å². The van der Waals surface area contributed by atoms with Crippen LogP contribution in [0.3, 0.4) is 0 Å². The van der Waals surface area contributed by atoms with Gasteiger partial charge in [0, 0.05) is 11.1 Å². The number of carbonyl (C=O) groups is 2. The number of rotatable bonds is 6. The maximum atomic E-state index is 14.4. The number of nitrogens with zero attached hydrogens (tertiary/aromatic N) is 1. The highest BCUT2D eigenvalue weighted by atomic mass is 16.6. The maximum Gasteiger partial charge on any atom is 0.418 e. The summed E-state index contributed by atoms with van der Waals surface area (Å²) in [5, 5.41) is 0. The maximum absolute atomic E-state index is 14.4. The van der Waals surface area contributed by atoms with Crippen LogP contribution >= 0.6 is 0 Å². The average Bonchev–Trinajstić information content (AvgIpc) is 3.24. The van der Waals surface area contributed by atoms with Gasteiger partial charge in [-0.3, -0.25) is 4.79 Å². The van der Waals surface area contributed by atoms with Crippen molar-refractivity contribution in [3.05, 3.63) is 144 Å². The van der Waals surface area contributed by atoms with Crippen LogP contribution in [0.25, 0.3) is 0 Å². The Balaban J connectivity index is 1.74. The summed E-state index contributed by atoms with van der Waals surface area (Å²) in [5.41, 5.74) is 2.15. The van der Waals surface area contributed by atoms with Gasteiger partial charge in [0.2, 0.25) is 5.91 Å². The molecule has 4 heteroatoms. The van der Waals surface area contributed by atoms with Crippen molar-refractivity contribution in [3.63, 3.8) is 0 Å². The summed E-state index contributed by atoms with van der Waals surface area (Å²) in [5.74, 6) is -0.774. The summed E-state index contributed by atoms with van der Waals surface area (Å²) in [4.78, 5) is 29.5. The second-order valence-corrected chi connectivity index (χ2v) is 9.49. The van der Waals surface area contributed by atoms with E-state index in [2.05, 4.69) is 0 Å². The van der Waals surface area contributed by atoms with Gasteiger partial charge in [-0.15, -0.1) is 0 Å². The Morgan fingerprint density at radius 2 is 1.17 bits per heavy atom. The van der Waals surface area contributed by atoms with Gasteiger partial charge >= 0.3 is 6.09 Å². The highest BCUT2D eigenvalue weighted by molar-refractivity contribution is 5.98. The van der Waals surface area contributed by atoms with Crippen LogP contribution in [0, 0.1) is 5.92 Å². The van der Waals surface area contributed by atoms with Gasteiger partial charge in [0.05, 0.1) is 5.92 Å². The van der Waals surface area contributed by atoms with Gasteiger partial charge in [0.25, 0.3) is 0 Å². The van der Waals surface area contributed by atoms with Crippen molar-refractivity contribution >= 4 is 12.0 Å². The third kappa shape index (κ3) is 3.99. The van der Waals surface area contributed by atoms with Crippen molar-refractivity contribution in [3.8, 4) is 0 Å². The van der Waals surface area contributed by atoms with E-state index in [4.69, 9.17) is 4.74 Å². The van der Waals surface area contributed by atoms with Crippen LogP contribution in [0.1, 0.15) is 48.1 Å². The Morgan fingerprint density at radius 1 is 0.722 bits per heavy atom. The highest BCUT2D eigenvalue weighted by Crippen LogP contribution is 2.53. The predicted molar refractivity (Wildman–Crippen MR) is 140 cm³/mol. The number of ether oxygens (including phenoxy) is 1. The number of benzene rings is 4. The quantitative estimate of drug-likeness (QED) is 0.299. The predicted octanol–water partition coefficient (Wildman–Crippen LogP) is 7.09. The Morgan fingerprint density at radius 3 is 1.64 bits per heavy atom. The first-order chi connectivity index (χ1) is 17.5. The molecule has 4 aromatic rings. The van der Waals surface area contributed by atoms with Crippen molar-refractivity contribution in [1.82, 2.24) is 4.90 Å². The second kappa shape index (κ2) is 9.82. The Labute approximate surface area is 212 Å². The molecule has 2 atom stereocenters. The molecule has 0 saturated carbocycles. The van der Waals surface area contributed by atoms with Gasteiger partial charge in [-0.25, -0.2) is 9.69 Å². The summed E-state index contributed by atoms with van der Waals surface area (Å²) >= 11 is 0. The van der Waals surface area contributed by atoms with Crippen LogP contribution in [0.5, 0.6) is 0 Å². The highest BCUT2D eigenvalue weighted by Gasteiger charge is 2.59. The zero-order valence-electron chi connectivity index (χ0n) is 20.5. The lowest BCUT2D eigenvalue weighted by Gasteiger charge is -2.36. The number of carbonyl (C=O) groups excluding carboxylic acids is 2. The molecule has 0 radical (unpaired) electrons. The molecule has 0 spiro atoms. The van der Waals surface area contributed by atoms with Crippen molar-refractivity contribution in [2.75, 3.05) is 0 Å². The molecule has 0 unspecified atom stereocenters. The lowest BCUT2D eigenvalue weighted by Crippen LogP contribution is -2.43. The van der Waals surface area contributed by atoms with Crippen molar-refractivity contribution in [2.45, 2.75) is 31.4 Å². The van der Waals surface area contributed by atoms with E-state index in [9.17, 15) is 9.59 Å². The Hall–Kier alpha value is -4.18. The van der Waals surface area contributed by atoms with E-state index < -0.39 is 23.7 Å². The third-order valence-corrected chi connectivity index (χ3v) is 6.94. The minimum Gasteiger partial charge on any atom is -0.430 e. The lowest BCUT2D eigenvalue weighted by molar-refractivity contribution is -0.132. The zero-order chi connectivity index (χ0) is 25.1. The second-order valence-electron chi connectivity index (χ2n) is 9.49. The molecule has 1 aliphatic rings. The number of hydrogen-bond acceptors (Lipinski definition) is 3. The molecule has 1 saturated heterocycles. The number of amides is 2. The first kappa shape index (κ1) is 23.6. The topological polar surface area (TPSA) is 46.6 Å². The minimum atomic E-state index is -1.20. The standard InChI is InChI=1S/C32H29NO3/c1-23(2)28(24-15-7-3-8-16-24)30(34)33-29(25-17-9-4-10-18-25)32(36-31(33)35,26-19-11-5-12-20-26)27-21-13-6-14-22-27/h3-23,28-29H,1-2H3/t28-,29-/m0/s1. The SMILES string of the molecule is CC(C)[C@H](C(=O)N1C(=O)OC(c2ccccc2)(c2ccccc2)[C@@H]1c1ccccc1)c1ccccc1. The summed E-state index contributed by atoms with van der Waals surface area (Å²) in [6.45, 7) is 4.02. The monoisotopic (exact) mass is 475 g/mol. The average molecular weight is 476 g/mol. The molecule has 1 aliphatic heterocycles. The molecule has 1 heterocycles. The van der Waals surface area contributed by atoms with E-state index in [1.165, 1.54) is 4.90 Å². The van der Waals surface area contributed by atoms with E-state index in [-0.39, 0.29) is 11.8 Å². The fraction of sp³-hybridized carbons (Fsp3) is 0.188. The van der Waals surface area contributed by atoms with Crippen LogP contribution in [0.15, 0.2) is 121 Å². The van der Waals surface area contributed by atoms with Crippen molar-refractivity contribution in [1.29, 1.82) is 0 Å². The van der Waals surface area contributed by atoms with E-state index >= 15 is 0 Å².